The van der Waals surface area contributed by atoms with Crippen LogP contribution in [0.25, 0.3) is 5.69 Å². The summed E-state index contributed by atoms with van der Waals surface area (Å²) < 4.78 is 30.1. The molecule has 0 spiro atoms. The molecule has 2 aromatic carbocycles. The number of sulfonamides is 1. The van der Waals surface area contributed by atoms with Gasteiger partial charge in [0.1, 0.15) is 0 Å². The molecule has 3 aromatic rings. The van der Waals surface area contributed by atoms with Crippen molar-refractivity contribution in [1.82, 2.24) is 14.3 Å². The van der Waals surface area contributed by atoms with E-state index < -0.39 is 10.0 Å². The second-order valence-electron chi connectivity index (χ2n) is 6.78. The van der Waals surface area contributed by atoms with Crippen LogP contribution in [0.15, 0.2) is 72.1 Å². The Labute approximate surface area is 161 Å². The van der Waals surface area contributed by atoms with Gasteiger partial charge in [0, 0.05) is 24.1 Å². The molecule has 0 fully saturated rings. The smallest absolute Gasteiger partial charge is 0.241 e. The number of imidazole rings is 1. The summed E-state index contributed by atoms with van der Waals surface area (Å²) in [5.41, 5.74) is 3.03. The van der Waals surface area contributed by atoms with E-state index in [1.165, 1.54) is 0 Å². The maximum absolute atomic E-state index is 12.7. The molecule has 0 amide bonds. The molecular formula is C21H25N3O2S. The first-order chi connectivity index (χ1) is 12.9. The minimum absolute atomic E-state index is 0.288. The van der Waals surface area contributed by atoms with Crippen molar-refractivity contribution in [1.29, 1.82) is 0 Å². The summed E-state index contributed by atoms with van der Waals surface area (Å²) in [4.78, 5) is 4.32. The summed E-state index contributed by atoms with van der Waals surface area (Å²) in [6.07, 6.45) is 6.34. The zero-order chi connectivity index (χ0) is 19.4. The van der Waals surface area contributed by atoms with Crippen LogP contribution in [0.5, 0.6) is 0 Å². The average molecular weight is 384 g/mol. The van der Waals surface area contributed by atoms with E-state index >= 15 is 0 Å². The lowest BCUT2D eigenvalue weighted by molar-refractivity contribution is 0.567. The predicted molar refractivity (Wildman–Crippen MR) is 107 cm³/mol. The monoisotopic (exact) mass is 383 g/mol. The normalized spacial score (nSPS) is 14.0. The van der Waals surface area contributed by atoms with Crippen LogP contribution in [0.1, 0.15) is 50.3 Å². The third-order valence-corrected chi connectivity index (χ3v) is 6.46. The molecule has 0 bridgehead atoms. The minimum Gasteiger partial charge on any atom is -0.306 e. The van der Waals surface area contributed by atoms with Crippen LogP contribution >= 0.6 is 0 Å². The minimum atomic E-state index is -3.58. The molecule has 0 saturated heterocycles. The van der Waals surface area contributed by atoms with Crippen LogP contribution in [0.3, 0.4) is 0 Å². The van der Waals surface area contributed by atoms with Gasteiger partial charge in [-0.2, -0.15) is 0 Å². The summed E-state index contributed by atoms with van der Waals surface area (Å²) in [5.74, 6) is 0.419. The van der Waals surface area contributed by atoms with Crippen LogP contribution in [0.2, 0.25) is 0 Å². The molecule has 3 rings (SSSR count). The largest absolute Gasteiger partial charge is 0.306 e. The molecule has 1 aromatic heterocycles. The van der Waals surface area contributed by atoms with Gasteiger partial charge < -0.3 is 4.57 Å². The summed E-state index contributed by atoms with van der Waals surface area (Å²) in [6.45, 7) is 6.10. The molecular weight excluding hydrogens is 358 g/mol. The number of aromatic nitrogens is 2. The zero-order valence-corrected chi connectivity index (χ0v) is 16.6. The standard InChI is InChI=1S/C21H25N3O2S/c1-4-16(2)18-7-11-21(12-8-18)27(25,26)23-17(3)19-5-9-20(10-6-19)24-14-13-22-15-24/h5-17,23H,4H2,1-3H3. The lowest BCUT2D eigenvalue weighted by Crippen LogP contribution is -2.26. The van der Waals surface area contributed by atoms with Crippen LogP contribution < -0.4 is 4.72 Å². The highest BCUT2D eigenvalue weighted by Crippen LogP contribution is 2.22. The van der Waals surface area contributed by atoms with E-state index in [9.17, 15) is 8.42 Å². The van der Waals surface area contributed by atoms with Gasteiger partial charge in [-0.05, 0) is 54.7 Å². The lowest BCUT2D eigenvalue weighted by Gasteiger charge is -2.16. The molecule has 27 heavy (non-hydrogen) atoms. The van der Waals surface area contributed by atoms with Crippen molar-refractivity contribution in [3.63, 3.8) is 0 Å². The van der Waals surface area contributed by atoms with Gasteiger partial charge in [-0.25, -0.2) is 18.1 Å². The fourth-order valence-corrected chi connectivity index (χ4v) is 4.16. The van der Waals surface area contributed by atoms with Crippen LogP contribution in [-0.2, 0) is 10.0 Å². The van der Waals surface area contributed by atoms with Crippen molar-refractivity contribution >= 4 is 10.0 Å². The maximum atomic E-state index is 12.7. The van der Waals surface area contributed by atoms with Crippen molar-refractivity contribution in [2.24, 2.45) is 0 Å². The maximum Gasteiger partial charge on any atom is 0.241 e. The van der Waals surface area contributed by atoms with Gasteiger partial charge in [0.25, 0.3) is 0 Å². The second kappa shape index (κ2) is 8.06. The molecule has 0 radical (unpaired) electrons. The Morgan fingerprint density at radius 1 is 1.00 bits per heavy atom. The van der Waals surface area contributed by atoms with Gasteiger partial charge in [0.05, 0.1) is 11.2 Å². The highest BCUT2D eigenvalue weighted by molar-refractivity contribution is 7.89. The Bertz CT molecular complexity index is 963. The molecule has 2 unspecified atom stereocenters. The van der Waals surface area contributed by atoms with Crippen LogP contribution in [-0.4, -0.2) is 18.0 Å². The van der Waals surface area contributed by atoms with E-state index in [-0.39, 0.29) is 10.9 Å². The highest BCUT2D eigenvalue weighted by atomic mass is 32.2. The first-order valence-electron chi connectivity index (χ1n) is 9.11. The van der Waals surface area contributed by atoms with Gasteiger partial charge in [-0.3, -0.25) is 0 Å². The SMILES string of the molecule is CCC(C)c1ccc(S(=O)(=O)NC(C)c2ccc(-n3ccnc3)cc2)cc1. The molecule has 6 heteroatoms. The van der Waals surface area contributed by atoms with Crippen molar-refractivity contribution < 1.29 is 8.42 Å². The summed E-state index contributed by atoms with van der Waals surface area (Å²) in [7, 11) is -3.58. The van der Waals surface area contributed by atoms with E-state index in [4.69, 9.17) is 0 Å². The first kappa shape index (κ1) is 19.3. The number of hydrogen-bond donors (Lipinski definition) is 1. The molecule has 0 aliphatic heterocycles. The summed E-state index contributed by atoms with van der Waals surface area (Å²) in [5, 5.41) is 0. The van der Waals surface area contributed by atoms with Crippen LogP contribution in [0, 0.1) is 0 Å². The van der Waals surface area contributed by atoms with E-state index in [1.807, 2.05) is 54.1 Å². The van der Waals surface area contributed by atoms with Crippen molar-refractivity contribution in [2.45, 2.75) is 44.0 Å². The van der Waals surface area contributed by atoms with E-state index in [0.29, 0.717) is 5.92 Å². The van der Waals surface area contributed by atoms with E-state index in [1.54, 1.807) is 24.7 Å². The van der Waals surface area contributed by atoms with Crippen LogP contribution in [0.4, 0.5) is 0 Å². The van der Waals surface area contributed by atoms with Gasteiger partial charge >= 0.3 is 0 Å². The number of rotatable bonds is 7. The number of nitrogens with zero attached hydrogens (tertiary/aromatic N) is 2. The molecule has 0 aliphatic rings. The topological polar surface area (TPSA) is 64.0 Å². The van der Waals surface area contributed by atoms with Crippen molar-refractivity contribution in [3.8, 4) is 5.69 Å². The molecule has 2 atom stereocenters. The molecule has 1 heterocycles. The Balaban J connectivity index is 1.73. The Morgan fingerprint density at radius 3 is 2.19 bits per heavy atom. The average Bonchev–Trinajstić information content (AvgIpc) is 3.22. The van der Waals surface area contributed by atoms with Gasteiger partial charge in [-0.15, -0.1) is 0 Å². The predicted octanol–water partition coefficient (Wildman–Crippen LogP) is 4.43. The summed E-state index contributed by atoms with van der Waals surface area (Å²) >= 11 is 0. The lowest BCUT2D eigenvalue weighted by atomic mass is 9.99. The second-order valence-corrected chi connectivity index (χ2v) is 8.50. The van der Waals surface area contributed by atoms with Crippen molar-refractivity contribution in [3.05, 3.63) is 78.4 Å². The van der Waals surface area contributed by atoms with E-state index in [2.05, 4.69) is 23.6 Å². The first-order valence-corrected chi connectivity index (χ1v) is 10.6. The Morgan fingerprint density at radius 2 is 1.63 bits per heavy atom. The Hall–Kier alpha value is -2.44. The fraction of sp³-hybridized carbons (Fsp3) is 0.286. The fourth-order valence-electron chi connectivity index (χ4n) is 2.93. The number of nitrogens with one attached hydrogen (secondary N) is 1. The number of benzene rings is 2. The molecule has 5 nitrogen and oxygen atoms in total. The molecule has 0 aliphatic carbocycles. The number of hydrogen-bond acceptors (Lipinski definition) is 3. The van der Waals surface area contributed by atoms with Crippen molar-refractivity contribution in [2.75, 3.05) is 0 Å². The van der Waals surface area contributed by atoms with Gasteiger partial charge in [0.2, 0.25) is 10.0 Å². The third-order valence-electron chi connectivity index (χ3n) is 4.90. The highest BCUT2D eigenvalue weighted by Gasteiger charge is 2.18. The van der Waals surface area contributed by atoms with Gasteiger partial charge in [-0.1, -0.05) is 38.1 Å². The quantitative estimate of drug-likeness (QED) is 0.657. The third kappa shape index (κ3) is 4.46. The zero-order valence-electron chi connectivity index (χ0n) is 15.8. The molecule has 1 N–H and O–H groups in total. The Kier molecular flexibility index (Phi) is 5.77. The molecule has 0 saturated carbocycles. The molecule has 142 valence electrons. The van der Waals surface area contributed by atoms with Gasteiger partial charge in [0.15, 0.2) is 0 Å². The van der Waals surface area contributed by atoms with E-state index in [0.717, 1.165) is 23.2 Å². The summed E-state index contributed by atoms with van der Waals surface area (Å²) in [6, 6.07) is 14.6.